The summed E-state index contributed by atoms with van der Waals surface area (Å²) in [7, 11) is 0. The van der Waals surface area contributed by atoms with E-state index in [0.29, 0.717) is 23.2 Å². The SMILES string of the molecule is Nc1cccc(C(=O)c2ccc3c(c2)CC(=O)N3)c1. The Labute approximate surface area is 110 Å². The molecule has 1 aliphatic rings. The molecular weight excluding hydrogens is 240 g/mol. The Kier molecular flexibility index (Phi) is 2.56. The number of nitrogen functional groups attached to an aromatic ring is 1. The highest BCUT2D eigenvalue weighted by Crippen LogP contribution is 2.25. The second-order valence-electron chi connectivity index (χ2n) is 4.55. The van der Waals surface area contributed by atoms with Crippen LogP contribution < -0.4 is 11.1 Å². The van der Waals surface area contributed by atoms with Gasteiger partial charge in [0.2, 0.25) is 5.91 Å². The van der Waals surface area contributed by atoms with Gasteiger partial charge in [0, 0.05) is 22.5 Å². The molecule has 0 radical (unpaired) electrons. The van der Waals surface area contributed by atoms with E-state index in [0.717, 1.165) is 11.3 Å². The number of carbonyl (C=O) groups excluding carboxylic acids is 2. The first-order valence-corrected chi connectivity index (χ1v) is 5.96. The third kappa shape index (κ3) is 2.08. The predicted molar refractivity (Wildman–Crippen MR) is 73.1 cm³/mol. The zero-order valence-corrected chi connectivity index (χ0v) is 10.1. The molecule has 0 saturated heterocycles. The Bertz CT molecular complexity index is 692. The molecule has 0 aliphatic carbocycles. The lowest BCUT2D eigenvalue weighted by molar-refractivity contribution is -0.115. The van der Waals surface area contributed by atoms with E-state index in [-0.39, 0.29) is 11.7 Å². The zero-order valence-electron chi connectivity index (χ0n) is 10.1. The fraction of sp³-hybridized carbons (Fsp3) is 0.0667. The molecule has 19 heavy (non-hydrogen) atoms. The number of amides is 1. The number of carbonyl (C=O) groups is 2. The van der Waals surface area contributed by atoms with Crippen molar-refractivity contribution in [3.05, 3.63) is 59.2 Å². The molecule has 94 valence electrons. The van der Waals surface area contributed by atoms with Crippen molar-refractivity contribution in [3.63, 3.8) is 0 Å². The number of hydrogen-bond donors (Lipinski definition) is 2. The van der Waals surface area contributed by atoms with Gasteiger partial charge in [-0.1, -0.05) is 12.1 Å². The van der Waals surface area contributed by atoms with Crippen molar-refractivity contribution in [1.82, 2.24) is 0 Å². The average molecular weight is 252 g/mol. The number of benzene rings is 2. The van der Waals surface area contributed by atoms with Crippen LogP contribution in [0, 0.1) is 0 Å². The summed E-state index contributed by atoms with van der Waals surface area (Å²) in [5, 5.41) is 2.74. The molecule has 0 saturated carbocycles. The number of anilines is 2. The molecule has 0 atom stereocenters. The highest BCUT2D eigenvalue weighted by Gasteiger charge is 2.19. The number of ketones is 1. The molecule has 1 amide bonds. The fourth-order valence-electron chi connectivity index (χ4n) is 2.22. The van der Waals surface area contributed by atoms with Crippen LogP contribution in [0.3, 0.4) is 0 Å². The van der Waals surface area contributed by atoms with Gasteiger partial charge in [0.15, 0.2) is 5.78 Å². The summed E-state index contributed by atoms with van der Waals surface area (Å²) >= 11 is 0. The lowest BCUT2D eigenvalue weighted by atomic mass is 10.00. The summed E-state index contributed by atoms with van der Waals surface area (Å²) in [5.41, 5.74) is 9.01. The Balaban J connectivity index is 1.97. The minimum atomic E-state index is -0.0885. The lowest BCUT2D eigenvalue weighted by Crippen LogP contribution is -2.03. The summed E-state index contributed by atoms with van der Waals surface area (Å²) < 4.78 is 0. The Morgan fingerprint density at radius 2 is 1.89 bits per heavy atom. The Hall–Kier alpha value is -2.62. The van der Waals surface area contributed by atoms with Crippen molar-refractivity contribution in [3.8, 4) is 0 Å². The van der Waals surface area contributed by atoms with E-state index in [1.807, 2.05) is 0 Å². The highest BCUT2D eigenvalue weighted by molar-refractivity contribution is 6.10. The largest absolute Gasteiger partial charge is 0.399 e. The molecule has 3 rings (SSSR count). The lowest BCUT2D eigenvalue weighted by Gasteiger charge is -2.04. The van der Waals surface area contributed by atoms with Crippen LogP contribution in [0.25, 0.3) is 0 Å². The van der Waals surface area contributed by atoms with E-state index in [2.05, 4.69) is 5.32 Å². The summed E-state index contributed by atoms with van der Waals surface area (Å²) in [6.07, 6.45) is 0.327. The van der Waals surface area contributed by atoms with E-state index < -0.39 is 0 Å². The second-order valence-corrected chi connectivity index (χ2v) is 4.55. The zero-order chi connectivity index (χ0) is 13.4. The molecule has 4 nitrogen and oxygen atoms in total. The van der Waals surface area contributed by atoms with Crippen molar-refractivity contribution in [2.24, 2.45) is 0 Å². The van der Waals surface area contributed by atoms with Crippen LogP contribution in [0.5, 0.6) is 0 Å². The third-order valence-electron chi connectivity index (χ3n) is 3.14. The molecule has 0 unspecified atom stereocenters. The van der Waals surface area contributed by atoms with E-state index in [9.17, 15) is 9.59 Å². The van der Waals surface area contributed by atoms with Crippen molar-refractivity contribution in [1.29, 1.82) is 0 Å². The van der Waals surface area contributed by atoms with Crippen LogP contribution in [0.15, 0.2) is 42.5 Å². The fourth-order valence-corrected chi connectivity index (χ4v) is 2.22. The summed E-state index contributed by atoms with van der Waals surface area (Å²) in [4.78, 5) is 23.6. The molecule has 0 bridgehead atoms. The quantitative estimate of drug-likeness (QED) is 0.634. The van der Waals surface area contributed by atoms with Gasteiger partial charge in [-0.15, -0.1) is 0 Å². The average Bonchev–Trinajstić information content (AvgIpc) is 2.76. The number of fused-ring (bicyclic) bond motifs is 1. The van der Waals surface area contributed by atoms with Gasteiger partial charge in [-0.05, 0) is 35.9 Å². The minimum Gasteiger partial charge on any atom is -0.399 e. The first kappa shape index (κ1) is 11.5. The standard InChI is InChI=1S/C15H12N2O2/c16-12-3-1-2-9(7-12)15(19)10-4-5-13-11(6-10)8-14(18)17-13/h1-7H,8,16H2,(H,17,18). The molecule has 2 aromatic carbocycles. The van der Waals surface area contributed by atoms with E-state index in [1.54, 1.807) is 42.5 Å². The molecule has 1 aliphatic heterocycles. The van der Waals surface area contributed by atoms with Gasteiger partial charge in [-0.25, -0.2) is 0 Å². The third-order valence-corrected chi connectivity index (χ3v) is 3.14. The van der Waals surface area contributed by atoms with Gasteiger partial charge < -0.3 is 11.1 Å². The number of nitrogens with two attached hydrogens (primary N) is 1. The summed E-state index contributed by atoms with van der Waals surface area (Å²) in [6.45, 7) is 0. The van der Waals surface area contributed by atoms with Gasteiger partial charge in [-0.3, -0.25) is 9.59 Å². The van der Waals surface area contributed by atoms with Gasteiger partial charge in [-0.2, -0.15) is 0 Å². The van der Waals surface area contributed by atoms with Crippen molar-refractivity contribution >= 4 is 23.1 Å². The second kappa shape index (κ2) is 4.24. The smallest absolute Gasteiger partial charge is 0.228 e. The maximum Gasteiger partial charge on any atom is 0.228 e. The first-order valence-electron chi connectivity index (χ1n) is 5.96. The maximum absolute atomic E-state index is 12.3. The maximum atomic E-state index is 12.3. The number of hydrogen-bond acceptors (Lipinski definition) is 3. The molecular formula is C15H12N2O2. The van der Waals surface area contributed by atoms with Gasteiger partial charge in [0.1, 0.15) is 0 Å². The minimum absolute atomic E-state index is 0.0384. The molecule has 3 N–H and O–H groups in total. The van der Waals surface area contributed by atoms with Gasteiger partial charge in [0.25, 0.3) is 0 Å². The van der Waals surface area contributed by atoms with Gasteiger partial charge >= 0.3 is 0 Å². The Morgan fingerprint density at radius 3 is 2.68 bits per heavy atom. The van der Waals surface area contributed by atoms with Gasteiger partial charge in [0.05, 0.1) is 6.42 Å². The van der Waals surface area contributed by atoms with Crippen molar-refractivity contribution in [2.45, 2.75) is 6.42 Å². The number of rotatable bonds is 2. The van der Waals surface area contributed by atoms with Crippen molar-refractivity contribution in [2.75, 3.05) is 11.1 Å². The molecule has 0 spiro atoms. The summed E-state index contributed by atoms with van der Waals surface area (Å²) in [6, 6.07) is 12.1. The van der Waals surface area contributed by atoms with E-state index in [1.165, 1.54) is 0 Å². The van der Waals surface area contributed by atoms with Crippen LogP contribution in [0.4, 0.5) is 11.4 Å². The van der Waals surface area contributed by atoms with E-state index in [4.69, 9.17) is 5.73 Å². The topological polar surface area (TPSA) is 72.2 Å². The number of nitrogens with one attached hydrogen (secondary N) is 1. The van der Waals surface area contributed by atoms with Crippen LogP contribution >= 0.6 is 0 Å². The van der Waals surface area contributed by atoms with Crippen LogP contribution in [0.1, 0.15) is 21.5 Å². The molecule has 1 heterocycles. The normalized spacial score (nSPS) is 12.9. The van der Waals surface area contributed by atoms with Crippen LogP contribution in [-0.4, -0.2) is 11.7 Å². The molecule has 0 fully saturated rings. The molecule has 0 aromatic heterocycles. The summed E-state index contributed by atoms with van der Waals surface area (Å²) in [5.74, 6) is -0.127. The van der Waals surface area contributed by atoms with Crippen molar-refractivity contribution < 1.29 is 9.59 Å². The first-order chi connectivity index (χ1) is 9.13. The monoisotopic (exact) mass is 252 g/mol. The molecule has 2 aromatic rings. The predicted octanol–water partition coefficient (Wildman–Crippen LogP) is 1.99. The van der Waals surface area contributed by atoms with Crippen LogP contribution in [0.2, 0.25) is 0 Å². The molecule has 4 heteroatoms. The van der Waals surface area contributed by atoms with Crippen LogP contribution in [-0.2, 0) is 11.2 Å². The highest BCUT2D eigenvalue weighted by atomic mass is 16.1. The Morgan fingerprint density at radius 1 is 1.11 bits per heavy atom. The van der Waals surface area contributed by atoms with E-state index >= 15 is 0 Å².